The molecule has 2 aromatic carbocycles. The Balaban J connectivity index is 1.51. The van der Waals surface area contributed by atoms with Crippen molar-refractivity contribution in [2.24, 2.45) is 0 Å². The third kappa shape index (κ3) is 2.29. The van der Waals surface area contributed by atoms with Crippen molar-refractivity contribution < 1.29 is 4.79 Å². The lowest BCUT2D eigenvalue weighted by molar-refractivity contribution is 0.262. The van der Waals surface area contributed by atoms with Crippen LogP contribution in [0.15, 0.2) is 60.9 Å². The Labute approximate surface area is 126 Å². The Bertz CT molecular complexity index is 889. The average molecular weight is 290 g/mol. The molecular weight excluding hydrogens is 276 g/mol. The molecule has 0 spiro atoms. The van der Waals surface area contributed by atoms with Crippen molar-refractivity contribution in [1.82, 2.24) is 9.97 Å². The summed E-state index contributed by atoms with van der Waals surface area (Å²) in [4.78, 5) is 18.3. The van der Waals surface area contributed by atoms with Crippen molar-refractivity contribution in [3.8, 4) is 0 Å². The number of fused-ring (bicyclic) bond motifs is 2. The largest absolute Gasteiger partial charge is 0.361 e. The highest BCUT2D eigenvalue weighted by molar-refractivity contribution is 6.01. The van der Waals surface area contributed by atoms with Crippen molar-refractivity contribution in [3.05, 3.63) is 60.9 Å². The number of amides is 2. The van der Waals surface area contributed by atoms with Gasteiger partial charge in [0.25, 0.3) is 0 Å². The molecule has 5 nitrogen and oxygen atoms in total. The molecule has 0 radical (unpaired) electrons. The minimum absolute atomic E-state index is 0.267. The Morgan fingerprint density at radius 3 is 1.73 bits per heavy atom. The predicted octanol–water partition coefficient (Wildman–Crippen LogP) is 4.29. The van der Waals surface area contributed by atoms with Gasteiger partial charge in [-0.25, -0.2) is 4.79 Å². The number of hydrogen-bond acceptors (Lipinski definition) is 1. The molecule has 0 fully saturated rings. The Kier molecular flexibility index (Phi) is 2.83. The van der Waals surface area contributed by atoms with Crippen LogP contribution in [0.4, 0.5) is 16.2 Å². The van der Waals surface area contributed by atoms with Gasteiger partial charge in [-0.2, -0.15) is 0 Å². The number of benzene rings is 2. The molecule has 108 valence electrons. The summed E-state index contributed by atoms with van der Waals surface area (Å²) < 4.78 is 0. The van der Waals surface area contributed by atoms with E-state index in [2.05, 4.69) is 20.6 Å². The number of aromatic amines is 2. The van der Waals surface area contributed by atoms with Crippen LogP contribution in [0.2, 0.25) is 0 Å². The summed E-state index contributed by atoms with van der Waals surface area (Å²) in [7, 11) is 0. The second-order valence-corrected chi connectivity index (χ2v) is 5.14. The number of anilines is 2. The SMILES string of the molecule is O=C(Nc1ccc2cc[nH]c2c1)Nc1ccc2cc[nH]c2c1. The van der Waals surface area contributed by atoms with Crippen LogP contribution in [0.5, 0.6) is 0 Å². The summed E-state index contributed by atoms with van der Waals surface area (Å²) in [5.41, 5.74) is 3.47. The highest BCUT2D eigenvalue weighted by atomic mass is 16.2. The highest BCUT2D eigenvalue weighted by Gasteiger charge is 2.05. The first kappa shape index (κ1) is 12.5. The molecule has 4 aromatic rings. The van der Waals surface area contributed by atoms with E-state index in [9.17, 15) is 4.79 Å². The summed E-state index contributed by atoms with van der Waals surface area (Å²) in [6.45, 7) is 0. The van der Waals surface area contributed by atoms with Crippen molar-refractivity contribution >= 4 is 39.2 Å². The van der Waals surface area contributed by atoms with E-state index in [-0.39, 0.29) is 6.03 Å². The zero-order chi connectivity index (χ0) is 14.9. The predicted molar refractivity (Wildman–Crippen MR) is 89.2 cm³/mol. The van der Waals surface area contributed by atoms with E-state index in [1.165, 1.54) is 0 Å². The van der Waals surface area contributed by atoms with Gasteiger partial charge in [-0.15, -0.1) is 0 Å². The van der Waals surface area contributed by atoms with Crippen LogP contribution >= 0.6 is 0 Å². The van der Waals surface area contributed by atoms with Gasteiger partial charge in [0.05, 0.1) is 0 Å². The second kappa shape index (κ2) is 4.96. The number of nitrogens with one attached hydrogen (secondary N) is 4. The Hall–Kier alpha value is -3.21. The highest BCUT2D eigenvalue weighted by Crippen LogP contribution is 2.19. The summed E-state index contributed by atoms with van der Waals surface area (Å²) in [5.74, 6) is 0. The van der Waals surface area contributed by atoms with E-state index in [1.54, 1.807) is 0 Å². The number of carbonyl (C=O) groups excluding carboxylic acids is 1. The van der Waals surface area contributed by atoms with Gasteiger partial charge in [0.1, 0.15) is 0 Å². The normalized spacial score (nSPS) is 10.9. The minimum Gasteiger partial charge on any atom is -0.361 e. The Morgan fingerprint density at radius 1 is 0.727 bits per heavy atom. The van der Waals surface area contributed by atoms with Gasteiger partial charge >= 0.3 is 6.03 Å². The fourth-order valence-corrected chi connectivity index (χ4v) is 2.54. The van der Waals surface area contributed by atoms with Crippen LogP contribution < -0.4 is 10.6 Å². The number of carbonyl (C=O) groups is 1. The molecule has 2 amide bonds. The van der Waals surface area contributed by atoms with Gasteiger partial charge in [-0.3, -0.25) is 0 Å². The van der Waals surface area contributed by atoms with Crippen molar-refractivity contribution in [1.29, 1.82) is 0 Å². The molecule has 0 saturated carbocycles. The number of aromatic nitrogens is 2. The van der Waals surface area contributed by atoms with Crippen molar-refractivity contribution in [2.45, 2.75) is 0 Å². The maximum Gasteiger partial charge on any atom is 0.323 e. The first-order valence-electron chi connectivity index (χ1n) is 7.00. The molecule has 4 rings (SSSR count). The van der Waals surface area contributed by atoms with Crippen LogP contribution in [0.25, 0.3) is 21.8 Å². The zero-order valence-corrected chi connectivity index (χ0v) is 11.7. The number of rotatable bonds is 2. The minimum atomic E-state index is -0.267. The maximum absolute atomic E-state index is 12.1. The topological polar surface area (TPSA) is 72.7 Å². The lowest BCUT2D eigenvalue weighted by Crippen LogP contribution is -2.19. The molecule has 0 bridgehead atoms. The first-order chi connectivity index (χ1) is 10.8. The smallest absolute Gasteiger partial charge is 0.323 e. The molecule has 5 heteroatoms. The molecule has 0 aliphatic carbocycles. The molecule has 22 heavy (non-hydrogen) atoms. The van der Waals surface area contributed by atoms with Crippen molar-refractivity contribution in [2.75, 3.05) is 10.6 Å². The van der Waals surface area contributed by atoms with Gasteiger partial charge in [0.15, 0.2) is 0 Å². The number of hydrogen-bond donors (Lipinski definition) is 4. The summed E-state index contributed by atoms with van der Waals surface area (Å²) in [5, 5.41) is 7.90. The fourth-order valence-electron chi connectivity index (χ4n) is 2.54. The molecule has 0 unspecified atom stereocenters. The van der Waals surface area contributed by atoms with Gasteiger partial charge < -0.3 is 20.6 Å². The van der Waals surface area contributed by atoms with E-state index in [4.69, 9.17) is 0 Å². The lowest BCUT2D eigenvalue weighted by Gasteiger charge is -2.08. The molecule has 0 aliphatic rings. The molecular formula is C17H14N4O. The molecule has 4 N–H and O–H groups in total. The first-order valence-corrected chi connectivity index (χ1v) is 7.00. The van der Waals surface area contributed by atoms with E-state index in [1.807, 2.05) is 60.9 Å². The van der Waals surface area contributed by atoms with Gasteiger partial charge in [0, 0.05) is 34.8 Å². The van der Waals surface area contributed by atoms with E-state index in [0.717, 1.165) is 33.2 Å². The number of H-pyrrole nitrogens is 2. The van der Waals surface area contributed by atoms with E-state index >= 15 is 0 Å². The van der Waals surface area contributed by atoms with E-state index in [0.29, 0.717) is 0 Å². The Morgan fingerprint density at radius 2 is 1.23 bits per heavy atom. The summed E-state index contributed by atoms with van der Waals surface area (Å²) in [6, 6.07) is 15.2. The third-order valence-electron chi connectivity index (χ3n) is 3.63. The molecule has 0 atom stereocenters. The van der Waals surface area contributed by atoms with Gasteiger partial charge in [-0.05, 0) is 47.2 Å². The molecule has 2 aromatic heterocycles. The van der Waals surface area contributed by atoms with Crippen LogP contribution in [0.3, 0.4) is 0 Å². The fraction of sp³-hybridized carbons (Fsp3) is 0. The van der Waals surface area contributed by atoms with Crippen LogP contribution in [-0.4, -0.2) is 16.0 Å². The maximum atomic E-state index is 12.1. The van der Waals surface area contributed by atoms with Crippen LogP contribution in [0, 0.1) is 0 Å². The van der Waals surface area contributed by atoms with Crippen LogP contribution in [0.1, 0.15) is 0 Å². The quantitative estimate of drug-likeness (QED) is 0.437. The monoisotopic (exact) mass is 290 g/mol. The third-order valence-corrected chi connectivity index (χ3v) is 3.63. The van der Waals surface area contributed by atoms with Gasteiger partial charge in [0.2, 0.25) is 0 Å². The average Bonchev–Trinajstić information content (AvgIpc) is 3.14. The summed E-state index contributed by atoms with van der Waals surface area (Å²) >= 11 is 0. The summed E-state index contributed by atoms with van der Waals surface area (Å²) in [6.07, 6.45) is 3.75. The molecule has 0 saturated heterocycles. The number of urea groups is 1. The lowest BCUT2D eigenvalue weighted by atomic mass is 10.2. The second-order valence-electron chi connectivity index (χ2n) is 5.14. The van der Waals surface area contributed by atoms with Gasteiger partial charge in [-0.1, -0.05) is 12.1 Å². The standard InChI is InChI=1S/C17H14N4O/c22-17(20-13-3-1-11-5-7-18-15(11)9-13)21-14-4-2-12-6-8-19-16(12)10-14/h1-10,18-19H,(H2,20,21,22). The van der Waals surface area contributed by atoms with E-state index < -0.39 is 0 Å². The zero-order valence-electron chi connectivity index (χ0n) is 11.7. The molecule has 2 heterocycles. The molecule has 0 aliphatic heterocycles. The van der Waals surface area contributed by atoms with Crippen molar-refractivity contribution in [3.63, 3.8) is 0 Å². The van der Waals surface area contributed by atoms with Crippen LogP contribution in [-0.2, 0) is 0 Å².